The predicted octanol–water partition coefficient (Wildman–Crippen LogP) is 13.0. The Kier molecular flexibility index (Phi) is 41.5. The largest absolute Gasteiger partial charge is 0.480 e. The van der Waals surface area contributed by atoms with E-state index >= 15 is 0 Å². The number of nitrogens with two attached hydrogens (primary N) is 1. The van der Waals surface area contributed by atoms with Crippen molar-refractivity contribution in [1.82, 2.24) is 0 Å². The number of phosphoric ester groups is 1. The summed E-state index contributed by atoms with van der Waals surface area (Å²) in [6.45, 7) is 3.83. The Hall–Kier alpha value is -2.07. The fourth-order valence-corrected chi connectivity index (χ4v) is 6.97. The molecule has 0 spiro atoms. The maximum atomic E-state index is 12.7. The molecule has 0 aliphatic heterocycles. The molecule has 0 bridgehead atoms. The SMILES string of the molecule is CCCCC/C=C\C/C=C\C/C=C\CCCCCCCCC(=O)OC(COCCCCCCCC/C=C\CCCCCCCCC)COP(=O)(O)OCC(N)C(=O)O. The Morgan fingerprint density at radius 3 is 1.47 bits per heavy atom. The van der Waals surface area contributed by atoms with E-state index in [-0.39, 0.29) is 13.0 Å². The van der Waals surface area contributed by atoms with Crippen LogP contribution in [0.5, 0.6) is 0 Å². The minimum atomic E-state index is -4.62. The fourth-order valence-electron chi connectivity index (χ4n) is 6.19. The topological polar surface area (TPSA) is 155 Å². The molecule has 0 radical (unpaired) electrons. The smallest absolute Gasteiger partial charge is 0.472 e. The summed E-state index contributed by atoms with van der Waals surface area (Å²) in [5.41, 5.74) is 5.36. The van der Waals surface area contributed by atoms with Crippen LogP contribution in [0, 0.1) is 0 Å². The second kappa shape index (κ2) is 43.0. The maximum Gasteiger partial charge on any atom is 0.472 e. The van der Waals surface area contributed by atoms with E-state index in [1.807, 2.05) is 0 Å². The number of esters is 1. The number of carbonyl (C=O) groups excluding carboxylic acids is 1. The lowest BCUT2D eigenvalue weighted by Gasteiger charge is -2.20. The van der Waals surface area contributed by atoms with E-state index in [1.165, 1.54) is 96.3 Å². The molecule has 3 atom stereocenters. The highest BCUT2D eigenvalue weighted by Gasteiger charge is 2.27. The van der Waals surface area contributed by atoms with Crippen LogP contribution in [0.25, 0.3) is 0 Å². The molecule has 4 N–H and O–H groups in total. The van der Waals surface area contributed by atoms with Gasteiger partial charge in [0.25, 0.3) is 0 Å². The first-order valence-corrected chi connectivity index (χ1v) is 24.7. The highest BCUT2D eigenvalue weighted by molar-refractivity contribution is 7.47. The van der Waals surface area contributed by atoms with Crippen molar-refractivity contribution < 1.29 is 42.7 Å². The van der Waals surface area contributed by atoms with Crippen LogP contribution in [0.1, 0.15) is 200 Å². The van der Waals surface area contributed by atoms with E-state index < -0.39 is 45.1 Å². The zero-order valence-electron chi connectivity index (χ0n) is 36.9. The van der Waals surface area contributed by atoms with Gasteiger partial charge in [-0.1, -0.05) is 165 Å². The van der Waals surface area contributed by atoms with Crippen molar-refractivity contribution in [3.05, 3.63) is 48.6 Å². The van der Waals surface area contributed by atoms with Gasteiger partial charge in [0, 0.05) is 13.0 Å². The number of carboxylic acid groups (broad SMARTS) is 1. The van der Waals surface area contributed by atoms with Crippen molar-refractivity contribution in [3.8, 4) is 0 Å². The molecule has 58 heavy (non-hydrogen) atoms. The highest BCUT2D eigenvalue weighted by atomic mass is 31.2. The molecule has 0 aliphatic rings. The molecule has 11 heteroatoms. The number of phosphoric acid groups is 1. The number of hydrogen-bond acceptors (Lipinski definition) is 8. The lowest BCUT2D eigenvalue weighted by Crippen LogP contribution is -2.34. The number of rotatable bonds is 44. The third-order valence-electron chi connectivity index (χ3n) is 9.83. The van der Waals surface area contributed by atoms with Gasteiger partial charge in [0.15, 0.2) is 0 Å². The Balaban J connectivity index is 4.25. The number of aliphatic carboxylic acids is 1. The van der Waals surface area contributed by atoms with Crippen molar-refractivity contribution in [2.24, 2.45) is 5.73 Å². The van der Waals surface area contributed by atoms with E-state index in [4.69, 9.17) is 29.4 Å². The van der Waals surface area contributed by atoms with E-state index in [0.717, 1.165) is 77.0 Å². The summed E-state index contributed by atoms with van der Waals surface area (Å²) in [5.74, 6) is -1.79. The first kappa shape index (κ1) is 55.9. The van der Waals surface area contributed by atoms with Gasteiger partial charge in [-0.25, -0.2) is 4.57 Å². The van der Waals surface area contributed by atoms with Crippen molar-refractivity contribution >= 4 is 19.8 Å². The van der Waals surface area contributed by atoms with Crippen molar-refractivity contribution in [3.63, 3.8) is 0 Å². The summed E-state index contributed by atoms with van der Waals surface area (Å²) in [4.78, 5) is 33.6. The molecule has 0 aromatic carbocycles. The van der Waals surface area contributed by atoms with E-state index in [0.29, 0.717) is 13.0 Å². The molecular weight excluding hydrogens is 753 g/mol. The molecular formula is C47H86NO9P. The summed E-state index contributed by atoms with van der Waals surface area (Å²) < 4.78 is 33.4. The van der Waals surface area contributed by atoms with Gasteiger partial charge in [0.2, 0.25) is 0 Å². The number of carbonyl (C=O) groups is 2. The summed E-state index contributed by atoms with van der Waals surface area (Å²) in [5, 5.41) is 8.91. The van der Waals surface area contributed by atoms with Gasteiger partial charge < -0.3 is 25.2 Å². The number of ether oxygens (including phenoxy) is 2. The molecule has 0 saturated carbocycles. The molecule has 10 nitrogen and oxygen atoms in total. The van der Waals surface area contributed by atoms with Crippen molar-refractivity contribution in [2.75, 3.05) is 26.4 Å². The Morgan fingerprint density at radius 2 is 0.948 bits per heavy atom. The monoisotopic (exact) mass is 840 g/mol. The van der Waals surface area contributed by atoms with Gasteiger partial charge in [-0.15, -0.1) is 0 Å². The molecule has 0 aliphatic carbocycles. The number of allylic oxidation sites excluding steroid dienone is 8. The van der Waals surface area contributed by atoms with Crippen LogP contribution in [-0.2, 0) is 32.7 Å². The molecule has 0 fully saturated rings. The first-order chi connectivity index (χ1) is 28.2. The van der Waals surface area contributed by atoms with Crippen LogP contribution in [0.4, 0.5) is 0 Å². The van der Waals surface area contributed by atoms with Crippen molar-refractivity contribution in [1.29, 1.82) is 0 Å². The zero-order chi connectivity index (χ0) is 42.6. The molecule has 0 aromatic heterocycles. The zero-order valence-corrected chi connectivity index (χ0v) is 37.8. The highest BCUT2D eigenvalue weighted by Crippen LogP contribution is 2.43. The van der Waals surface area contributed by atoms with E-state index in [2.05, 4.69) is 62.5 Å². The van der Waals surface area contributed by atoms with Crippen LogP contribution in [0.2, 0.25) is 0 Å². The minimum Gasteiger partial charge on any atom is -0.480 e. The first-order valence-electron chi connectivity index (χ1n) is 23.2. The number of unbranched alkanes of at least 4 members (excludes halogenated alkanes) is 22. The minimum absolute atomic E-state index is 0.00679. The summed E-state index contributed by atoms with van der Waals surface area (Å²) in [6.07, 6.45) is 50.1. The predicted molar refractivity (Wildman–Crippen MR) is 240 cm³/mol. The average Bonchev–Trinajstić information content (AvgIpc) is 3.20. The van der Waals surface area contributed by atoms with Gasteiger partial charge in [0.1, 0.15) is 12.1 Å². The Bertz CT molecular complexity index is 1110. The molecule has 3 unspecified atom stereocenters. The standard InChI is InChI=1S/C47H86NO9P/c1-3-5-7-9-11-13-15-17-19-21-22-23-25-27-29-31-33-35-37-39-46(49)57-44(42-55-58(52,53)56-43-45(48)47(50)51)41-54-40-38-36-34-32-30-28-26-24-20-18-16-14-12-10-8-6-4-2/h11,13,17,19-20,22-24,44-45H,3-10,12,14-16,18,21,25-43,48H2,1-2H3,(H,50,51)(H,52,53)/b13-11-,19-17-,23-22-,24-20-. The molecule has 0 aromatic rings. The molecule has 0 heterocycles. The van der Waals surface area contributed by atoms with Crippen LogP contribution >= 0.6 is 7.82 Å². The lowest BCUT2D eigenvalue weighted by atomic mass is 10.1. The van der Waals surface area contributed by atoms with Gasteiger partial charge in [-0.05, 0) is 77.0 Å². The fraction of sp³-hybridized carbons (Fsp3) is 0.787. The van der Waals surface area contributed by atoms with Crippen LogP contribution < -0.4 is 5.73 Å². The van der Waals surface area contributed by atoms with Gasteiger partial charge in [0.05, 0.1) is 19.8 Å². The van der Waals surface area contributed by atoms with Crippen molar-refractivity contribution in [2.45, 2.75) is 212 Å². The van der Waals surface area contributed by atoms with Gasteiger partial charge in [-0.3, -0.25) is 18.6 Å². The second-order valence-electron chi connectivity index (χ2n) is 15.5. The molecule has 0 rings (SSSR count). The normalized spacial score (nSPS) is 14.3. The molecule has 338 valence electrons. The lowest BCUT2D eigenvalue weighted by molar-refractivity contribution is -0.154. The van der Waals surface area contributed by atoms with Crippen LogP contribution in [0.15, 0.2) is 48.6 Å². The second-order valence-corrected chi connectivity index (χ2v) is 17.0. The third-order valence-corrected chi connectivity index (χ3v) is 10.8. The summed E-state index contributed by atoms with van der Waals surface area (Å²) in [6, 6.07) is -1.48. The molecule has 0 saturated heterocycles. The number of carboxylic acids is 1. The van der Waals surface area contributed by atoms with Crippen LogP contribution in [0.3, 0.4) is 0 Å². The number of hydrogen-bond donors (Lipinski definition) is 3. The maximum absolute atomic E-state index is 12.7. The Labute approximate surface area is 354 Å². The quantitative estimate of drug-likeness (QED) is 0.0234. The summed E-state index contributed by atoms with van der Waals surface area (Å²) in [7, 11) is -4.62. The average molecular weight is 840 g/mol. The van der Waals surface area contributed by atoms with E-state index in [9.17, 15) is 19.0 Å². The Morgan fingerprint density at radius 1 is 0.552 bits per heavy atom. The summed E-state index contributed by atoms with van der Waals surface area (Å²) >= 11 is 0. The third kappa shape index (κ3) is 42.1. The molecule has 0 amide bonds. The van der Waals surface area contributed by atoms with Gasteiger partial charge in [-0.2, -0.15) is 0 Å². The van der Waals surface area contributed by atoms with Gasteiger partial charge >= 0.3 is 19.8 Å². The van der Waals surface area contributed by atoms with E-state index in [1.54, 1.807) is 0 Å². The van der Waals surface area contributed by atoms with Crippen LogP contribution in [-0.4, -0.2) is 60.5 Å².